The number of nitrogens with zero attached hydrogens (tertiary/aromatic N) is 2. The third-order valence-electron chi connectivity index (χ3n) is 4.11. The second kappa shape index (κ2) is 6.81. The van der Waals surface area contributed by atoms with Crippen LogP contribution < -0.4 is 0 Å². The first-order valence-electron chi connectivity index (χ1n) is 7.64. The number of carbonyl (C=O) groups is 2. The molecule has 0 bridgehead atoms. The van der Waals surface area contributed by atoms with Gasteiger partial charge in [0.05, 0.1) is 7.11 Å². The molecule has 0 aromatic heterocycles. The minimum atomic E-state index is -0.322. The molecule has 2 amide bonds. The van der Waals surface area contributed by atoms with Gasteiger partial charge in [0.15, 0.2) is 0 Å². The number of carbonyl (C=O) groups excluding carboxylic acids is 2. The second-order valence-electron chi connectivity index (χ2n) is 5.88. The van der Waals surface area contributed by atoms with Gasteiger partial charge >= 0.3 is 6.09 Å². The molecule has 0 N–H and O–H groups in total. The standard InChI is InChI=1S/C17H24N2O3/c1-12-10-13(2)15(14(3)11-12)16(20)18-6-5-7-19(9-8-18)17(21)22-4/h10-11H,5-9H2,1-4H3. The Kier molecular flexibility index (Phi) is 5.06. The number of amides is 2. The summed E-state index contributed by atoms with van der Waals surface area (Å²) in [6.07, 6.45) is 0.446. The van der Waals surface area contributed by atoms with E-state index < -0.39 is 0 Å². The van der Waals surface area contributed by atoms with Gasteiger partial charge in [-0.05, 0) is 38.3 Å². The predicted molar refractivity (Wildman–Crippen MR) is 85.2 cm³/mol. The van der Waals surface area contributed by atoms with E-state index in [1.165, 1.54) is 12.7 Å². The smallest absolute Gasteiger partial charge is 0.409 e. The maximum absolute atomic E-state index is 12.8. The number of hydrogen-bond donors (Lipinski definition) is 0. The Morgan fingerprint density at radius 2 is 1.50 bits per heavy atom. The first-order chi connectivity index (χ1) is 10.4. The molecule has 1 saturated heterocycles. The van der Waals surface area contributed by atoms with E-state index in [1.54, 1.807) is 4.90 Å². The number of ether oxygens (including phenoxy) is 1. The van der Waals surface area contributed by atoms with E-state index in [9.17, 15) is 9.59 Å². The Morgan fingerprint density at radius 1 is 0.955 bits per heavy atom. The highest BCUT2D eigenvalue weighted by atomic mass is 16.5. The van der Waals surface area contributed by atoms with Gasteiger partial charge in [0.25, 0.3) is 5.91 Å². The molecule has 0 unspecified atom stereocenters. The van der Waals surface area contributed by atoms with Crippen LogP contribution in [-0.2, 0) is 4.74 Å². The summed E-state index contributed by atoms with van der Waals surface area (Å²) in [5.74, 6) is 0.0571. The fraction of sp³-hybridized carbons (Fsp3) is 0.529. The van der Waals surface area contributed by atoms with Crippen LogP contribution in [0.15, 0.2) is 12.1 Å². The molecule has 120 valence electrons. The van der Waals surface area contributed by atoms with Gasteiger partial charge in [0.2, 0.25) is 0 Å². The highest BCUT2D eigenvalue weighted by molar-refractivity contribution is 5.97. The molecule has 0 spiro atoms. The van der Waals surface area contributed by atoms with Gasteiger partial charge in [-0.25, -0.2) is 4.79 Å². The van der Waals surface area contributed by atoms with E-state index in [0.717, 1.165) is 23.1 Å². The van der Waals surface area contributed by atoms with Crippen molar-refractivity contribution in [1.29, 1.82) is 0 Å². The molecule has 1 aliphatic rings. The van der Waals surface area contributed by atoms with Crippen LogP contribution in [0.4, 0.5) is 4.79 Å². The van der Waals surface area contributed by atoms with Crippen molar-refractivity contribution < 1.29 is 14.3 Å². The number of methoxy groups -OCH3 is 1. The average molecular weight is 304 g/mol. The Labute approximate surface area is 131 Å². The molecule has 2 rings (SSSR count). The molecule has 1 fully saturated rings. The van der Waals surface area contributed by atoms with Gasteiger partial charge in [-0.2, -0.15) is 0 Å². The maximum atomic E-state index is 12.8. The maximum Gasteiger partial charge on any atom is 0.409 e. The van der Waals surface area contributed by atoms with Crippen LogP contribution in [0.1, 0.15) is 33.5 Å². The minimum Gasteiger partial charge on any atom is -0.453 e. The molecule has 0 aliphatic carbocycles. The van der Waals surface area contributed by atoms with Crippen molar-refractivity contribution in [2.75, 3.05) is 33.3 Å². The summed E-state index contributed by atoms with van der Waals surface area (Å²) >= 11 is 0. The van der Waals surface area contributed by atoms with Crippen LogP contribution in [0.5, 0.6) is 0 Å². The molecule has 1 aromatic rings. The lowest BCUT2D eigenvalue weighted by atomic mass is 9.98. The number of rotatable bonds is 1. The zero-order valence-electron chi connectivity index (χ0n) is 13.8. The van der Waals surface area contributed by atoms with Crippen molar-refractivity contribution in [2.45, 2.75) is 27.2 Å². The van der Waals surface area contributed by atoms with Crippen molar-refractivity contribution >= 4 is 12.0 Å². The molecule has 0 radical (unpaired) electrons. The molecule has 5 heteroatoms. The summed E-state index contributed by atoms with van der Waals surface area (Å²) < 4.78 is 4.76. The lowest BCUT2D eigenvalue weighted by molar-refractivity contribution is 0.0755. The molecule has 0 atom stereocenters. The number of aryl methyl sites for hydroxylation is 3. The largest absolute Gasteiger partial charge is 0.453 e. The molecule has 1 heterocycles. The first kappa shape index (κ1) is 16.3. The average Bonchev–Trinajstić information content (AvgIpc) is 2.71. The summed E-state index contributed by atoms with van der Waals surface area (Å²) in [4.78, 5) is 28.0. The zero-order chi connectivity index (χ0) is 16.3. The van der Waals surface area contributed by atoms with E-state index in [-0.39, 0.29) is 12.0 Å². The van der Waals surface area contributed by atoms with Crippen LogP contribution in [0.2, 0.25) is 0 Å². The van der Waals surface area contributed by atoms with Crippen molar-refractivity contribution in [3.05, 3.63) is 34.4 Å². The molecule has 22 heavy (non-hydrogen) atoms. The fourth-order valence-corrected chi connectivity index (χ4v) is 3.11. The predicted octanol–water partition coefficient (Wildman–Crippen LogP) is 2.53. The van der Waals surface area contributed by atoms with Gasteiger partial charge in [-0.1, -0.05) is 17.7 Å². The minimum absolute atomic E-state index is 0.0571. The van der Waals surface area contributed by atoms with Gasteiger partial charge in [0, 0.05) is 31.7 Å². The fourth-order valence-electron chi connectivity index (χ4n) is 3.11. The number of hydrogen-bond acceptors (Lipinski definition) is 3. The Bertz CT molecular complexity index is 560. The van der Waals surface area contributed by atoms with Crippen LogP contribution in [0.3, 0.4) is 0 Å². The Hall–Kier alpha value is -2.04. The van der Waals surface area contributed by atoms with Gasteiger partial charge < -0.3 is 14.5 Å². The van der Waals surface area contributed by atoms with Crippen LogP contribution in [0, 0.1) is 20.8 Å². The quantitative estimate of drug-likeness (QED) is 0.801. The Morgan fingerprint density at radius 3 is 2.09 bits per heavy atom. The lowest BCUT2D eigenvalue weighted by Gasteiger charge is -2.23. The van der Waals surface area contributed by atoms with Crippen LogP contribution >= 0.6 is 0 Å². The van der Waals surface area contributed by atoms with E-state index in [1.807, 2.05) is 37.8 Å². The van der Waals surface area contributed by atoms with E-state index in [2.05, 4.69) is 0 Å². The van der Waals surface area contributed by atoms with E-state index >= 15 is 0 Å². The second-order valence-corrected chi connectivity index (χ2v) is 5.88. The van der Waals surface area contributed by atoms with Crippen molar-refractivity contribution in [3.8, 4) is 0 Å². The van der Waals surface area contributed by atoms with E-state index in [4.69, 9.17) is 4.74 Å². The van der Waals surface area contributed by atoms with Gasteiger partial charge in [-0.15, -0.1) is 0 Å². The van der Waals surface area contributed by atoms with Crippen LogP contribution in [0.25, 0.3) is 0 Å². The van der Waals surface area contributed by atoms with Gasteiger partial charge in [-0.3, -0.25) is 4.79 Å². The van der Waals surface area contributed by atoms with Crippen molar-refractivity contribution in [3.63, 3.8) is 0 Å². The Balaban J connectivity index is 2.15. The van der Waals surface area contributed by atoms with Gasteiger partial charge in [0.1, 0.15) is 0 Å². The van der Waals surface area contributed by atoms with Crippen molar-refractivity contribution in [2.24, 2.45) is 0 Å². The molecule has 1 aliphatic heterocycles. The topological polar surface area (TPSA) is 49.9 Å². The molecule has 0 saturated carbocycles. The number of benzene rings is 1. The molecule has 5 nitrogen and oxygen atoms in total. The lowest BCUT2D eigenvalue weighted by Crippen LogP contribution is -2.37. The highest BCUT2D eigenvalue weighted by Gasteiger charge is 2.24. The van der Waals surface area contributed by atoms with Crippen molar-refractivity contribution in [1.82, 2.24) is 9.80 Å². The third-order valence-corrected chi connectivity index (χ3v) is 4.11. The summed E-state index contributed by atoms with van der Waals surface area (Å²) in [6, 6.07) is 4.08. The summed E-state index contributed by atoms with van der Waals surface area (Å²) in [7, 11) is 1.38. The molecular formula is C17H24N2O3. The zero-order valence-corrected chi connectivity index (χ0v) is 13.8. The first-order valence-corrected chi connectivity index (χ1v) is 7.64. The summed E-state index contributed by atoms with van der Waals surface area (Å²) in [5.41, 5.74) is 3.98. The summed E-state index contributed by atoms with van der Waals surface area (Å²) in [5, 5.41) is 0. The molecular weight excluding hydrogens is 280 g/mol. The summed E-state index contributed by atoms with van der Waals surface area (Å²) in [6.45, 7) is 8.34. The SMILES string of the molecule is COC(=O)N1CCCN(C(=O)c2c(C)cc(C)cc2C)CC1. The van der Waals surface area contributed by atoms with E-state index in [0.29, 0.717) is 26.2 Å². The highest BCUT2D eigenvalue weighted by Crippen LogP contribution is 2.19. The normalized spacial score (nSPS) is 15.5. The molecule has 1 aromatic carbocycles. The third kappa shape index (κ3) is 3.40. The van der Waals surface area contributed by atoms with Crippen LogP contribution in [-0.4, -0.2) is 55.1 Å². The monoisotopic (exact) mass is 304 g/mol.